The SMILES string of the molecule is NC(CC1CC1)c1cc2c(s1)CCSC2. The van der Waals surface area contributed by atoms with Gasteiger partial charge in [-0.25, -0.2) is 0 Å². The summed E-state index contributed by atoms with van der Waals surface area (Å²) in [6.07, 6.45) is 5.30. The van der Waals surface area contributed by atoms with Gasteiger partial charge in [-0.15, -0.1) is 11.3 Å². The Bertz CT molecular complexity index is 331. The minimum Gasteiger partial charge on any atom is -0.323 e. The van der Waals surface area contributed by atoms with Crippen LogP contribution in [0.3, 0.4) is 0 Å². The molecule has 0 bridgehead atoms. The molecule has 1 aromatic rings. The topological polar surface area (TPSA) is 26.0 Å². The largest absolute Gasteiger partial charge is 0.323 e. The molecular formula is C12H17NS2. The second-order valence-electron chi connectivity index (χ2n) is 4.69. The van der Waals surface area contributed by atoms with E-state index in [1.54, 1.807) is 10.4 Å². The Balaban J connectivity index is 1.75. The highest BCUT2D eigenvalue weighted by Crippen LogP contribution is 2.40. The van der Waals surface area contributed by atoms with E-state index in [1.807, 2.05) is 11.3 Å². The summed E-state index contributed by atoms with van der Waals surface area (Å²) in [7, 11) is 0. The summed E-state index contributed by atoms with van der Waals surface area (Å²) in [6.45, 7) is 0. The molecule has 0 radical (unpaired) electrons. The Labute approximate surface area is 99.4 Å². The smallest absolute Gasteiger partial charge is 0.0392 e. The van der Waals surface area contributed by atoms with Gasteiger partial charge in [-0.2, -0.15) is 11.8 Å². The van der Waals surface area contributed by atoms with Gasteiger partial charge in [0.05, 0.1) is 0 Å². The minimum atomic E-state index is 0.318. The van der Waals surface area contributed by atoms with E-state index in [0.29, 0.717) is 6.04 Å². The van der Waals surface area contributed by atoms with Crippen LogP contribution >= 0.6 is 23.1 Å². The van der Waals surface area contributed by atoms with Crippen LogP contribution in [0, 0.1) is 5.92 Å². The molecule has 1 nitrogen and oxygen atoms in total. The number of thioether (sulfide) groups is 1. The van der Waals surface area contributed by atoms with Crippen molar-refractivity contribution in [2.24, 2.45) is 11.7 Å². The lowest BCUT2D eigenvalue weighted by atomic mass is 10.1. The third kappa shape index (κ3) is 2.24. The van der Waals surface area contributed by atoms with Crippen molar-refractivity contribution in [3.63, 3.8) is 0 Å². The first-order chi connectivity index (χ1) is 7.33. The molecule has 1 aromatic heterocycles. The summed E-state index contributed by atoms with van der Waals surface area (Å²) in [4.78, 5) is 3.05. The van der Waals surface area contributed by atoms with E-state index in [1.165, 1.54) is 42.1 Å². The van der Waals surface area contributed by atoms with Crippen LogP contribution in [0.4, 0.5) is 0 Å². The highest BCUT2D eigenvalue weighted by atomic mass is 32.2. The van der Waals surface area contributed by atoms with Gasteiger partial charge in [-0.05, 0) is 36.1 Å². The zero-order valence-electron chi connectivity index (χ0n) is 8.87. The quantitative estimate of drug-likeness (QED) is 0.875. The molecule has 1 aliphatic heterocycles. The van der Waals surface area contributed by atoms with E-state index >= 15 is 0 Å². The monoisotopic (exact) mass is 239 g/mol. The number of aryl methyl sites for hydroxylation is 1. The van der Waals surface area contributed by atoms with Crippen molar-refractivity contribution < 1.29 is 0 Å². The highest BCUT2D eigenvalue weighted by molar-refractivity contribution is 7.98. The average molecular weight is 239 g/mol. The third-order valence-corrected chi connectivity index (χ3v) is 5.67. The summed E-state index contributed by atoms with van der Waals surface area (Å²) in [5, 5.41) is 0. The standard InChI is InChI=1S/C12H17NS2/c13-10(5-8-1-2-8)12-6-9-7-14-4-3-11(9)15-12/h6,8,10H,1-5,7,13H2. The van der Waals surface area contributed by atoms with E-state index in [2.05, 4.69) is 17.8 Å². The maximum absolute atomic E-state index is 6.25. The zero-order valence-corrected chi connectivity index (χ0v) is 10.5. The van der Waals surface area contributed by atoms with Gasteiger partial charge >= 0.3 is 0 Å². The van der Waals surface area contributed by atoms with E-state index < -0.39 is 0 Å². The second-order valence-corrected chi connectivity index (χ2v) is 6.96. The van der Waals surface area contributed by atoms with Crippen molar-refractivity contribution >= 4 is 23.1 Å². The molecule has 1 fully saturated rings. The molecule has 2 aliphatic rings. The second kappa shape index (κ2) is 4.11. The summed E-state index contributed by atoms with van der Waals surface area (Å²) in [5.41, 5.74) is 7.82. The van der Waals surface area contributed by atoms with E-state index in [0.717, 1.165) is 5.92 Å². The van der Waals surface area contributed by atoms with Gasteiger partial charge in [0, 0.05) is 21.5 Å². The van der Waals surface area contributed by atoms with Crippen molar-refractivity contribution in [1.82, 2.24) is 0 Å². The molecule has 1 atom stereocenters. The van der Waals surface area contributed by atoms with Crippen molar-refractivity contribution in [2.45, 2.75) is 37.5 Å². The molecule has 3 heteroatoms. The van der Waals surface area contributed by atoms with Crippen LogP contribution in [0.25, 0.3) is 0 Å². The molecule has 1 unspecified atom stereocenters. The van der Waals surface area contributed by atoms with Crippen LogP contribution in [0.5, 0.6) is 0 Å². The molecule has 15 heavy (non-hydrogen) atoms. The fourth-order valence-electron chi connectivity index (χ4n) is 2.18. The number of hydrogen-bond donors (Lipinski definition) is 1. The lowest BCUT2D eigenvalue weighted by Gasteiger charge is -2.08. The molecule has 1 saturated carbocycles. The molecular weight excluding hydrogens is 222 g/mol. The number of thiophene rings is 1. The molecule has 0 aromatic carbocycles. The summed E-state index contributed by atoms with van der Waals surface area (Å²) >= 11 is 4.03. The minimum absolute atomic E-state index is 0.318. The molecule has 0 saturated heterocycles. The molecule has 1 aliphatic carbocycles. The number of hydrogen-bond acceptors (Lipinski definition) is 3. The Morgan fingerprint density at radius 2 is 2.33 bits per heavy atom. The zero-order chi connectivity index (χ0) is 10.3. The van der Waals surface area contributed by atoms with E-state index in [-0.39, 0.29) is 0 Å². The van der Waals surface area contributed by atoms with Crippen LogP contribution in [0.1, 0.15) is 40.6 Å². The fourth-order valence-corrected chi connectivity index (χ4v) is 4.57. The van der Waals surface area contributed by atoms with Crippen molar-refractivity contribution in [3.8, 4) is 0 Å². The average Bonchev–Trinajstić information content (AvgIpc) is 2.95. The summed E-state index contributed by atoms with van der Waals surface area (Å²) in [5.74, 6) is 3.45. The lowest BCUT2D eigenvalue weighted by molar-refractivity contribution is 0.605. The Morgan fingerprint density at radius 3 is 3.07 bits per heavy atom. The molecule has 0 amide bonds. The third-order valence-electron chi connectivity index (χ3n) is 3.30. The van der Waals surface area contributed by atoms with Gasteiger partial charge in [0.2, 0.25) is 0 Å². The number of nitrogens with two attached hydrogens (primary N) is 1. The van der Waals surface area contributed by atoms with E-state index in [9.17, 15) is 0 Å². The maximum atomic E-state index is 6.25. The van der Waals surface area contributed by atoms with Crippen LogP contribution in [0.2, 0.25) is 0 Å². The number of fused-ring (bicyclic) bond motifs is 1. The predicted octanol–water partition coefficient (Wildman–Crippen LogP) is 3.34. The molecule has 2 heterocycles. The van der Waals surface area contributed by atoms with Crippen LogP contribution in [-0.2, 0) is 12.2 Å². The Kier molecular flexibility index (Phi) is 2.79. The van der Waals surface area contributed by atoms with Crippen LogP contribution in [-0.4, -0.2) is 5.75 Å². The predicted molar refractivity (Wildman–Crippen MR) is 68.5 cm³/mol. The Morgan fingerprint density at radius 1 is 1.47 bits per heavy atom. The summed E-state index contributed by atoms with van der Waals surface area (Å²) in [6, 6.07) is 2.69. The van der Waals surface area contributed by atoms with Gasteiger partial charge in [-0.1, -0.05) is 12.8 Å². The maximum Gasteiger partial charge on any atom is 0.0392 e. The first-order valence-corrected chi connectivity index (χ1v) is 7.75. The first-order valence-electron chi connectivity index (χ1n) is 5.78. The van der Waals surface area contributed by atoms with Crippen molar-refractivity contribution in [2.75, 3.05) is 5.75 Å². The van der Waals surface area contributed by atoms with Crippen molar-refractivity contribution in [1.29, 1.82) is 0 Å². The van der Waals surface area contributed by atoms with Gasteiger partial charge < -0.3 is 5.73 Å². The molecule has 82 valence electrons. The van der Waals surface area contributed by atoms with Crippen LogP contribution in [0.15, 0.2) is 6.07 Å². The highest BCUT2D eigenvalue weighted by Gasteiger charge is 2.26. The first kappa shape index (κ1) is 10.2. The molecule has 2 N–H and O–H groups in total. The normalized spacial score (nSPS) is 22.5. The van der Waals surface area contributed by atoms with Gasteiger partial charge in [0.25, 0.3) is 0 Å². The number of rotatable bonds is 3. The fraction of sp³-hybridized carbons (Fsp3) is 0.667. The van der Waals surface area contributed by atoms with Gasteiger partial charge in [0.1, 0.15) is 0 Å². The Hall–Kier alpha value is 0.01000. The van der Waals surface area contributed by atoms with Crippen molar-refractivity contribution in [3.05, 3.63) is 21.4 Å². The lowest BCUT2D eigenvalue weighted by Crippen LogP contribution is -2.08. The molecule has 3 rings (SSSR count). The van der Waals surface area contributed by atoms with Crippen LogP contribution < -0.4 is 5.73 Å². The van der Waals surface area contributed by atoms with Gasteiger partial charge in [-0.3, -0.25) is 0 Å². The van der Waals surface area contributed by atoms with E-state index in [4.69, 9.17) is 5.73 Å². The summed E-state index contributed by atoms with van der Waals surface area (Å²) < 4.78 is 0. The van der Waals surface area contributed by atoms with Gasteiger partial charge in [0.15, 0.2) is 0 Å². The molecule has 0 spiro atoms.